The predicted molar refractivity (Wildman–Crippen MR) is 91.4 cm³/mol. The van der Waals surface area contributed by atoms with Crippen LogP contribution in [0.15, 0.2) is 48.5 Å². The van der Waals surface area contributed by atoms with Gasteiger partial charge in [0.1, 0.15) is 17.5 Å². The summed E-state index contributed by atoms with van der Waals surface area (Å²) >= 11 is 0. The second kappa shape index (κ2) is 7.64. The van der Waals surface area contributed by atoms with Crippen molar-refractivity contribution in [3.05, 3.63) is 59.7 Å². The molecule has 0 saturated heterocycles. The molecule has 0 fully saturated rings. The van der Waals surface area contributed by atoms with Crippen molar-refractivity contribution >= 4 is 11.9 Å². The summed E-state index contributed by atoms with van der Waals surface area (Å²) in [6.07, 6.45) is 0. The Hall–Kier alpha value is -2.82. The zero-order chi connectivity index (χ0) is 17.7. The third-order valence-electron chi connectivity index (χ3n) is 3.66. The summed E-state index contributed by atoms with van der Waals surface area (Å²) in [6.45, 7) is 5.45. The molecule has 0 bridgehead atoms. The van der Waals surface area contributed by atoms with E-state index in [0.717, 1.165) is 11.3 Å². The number of carbonyl (C=O) groups excluding carboxylic acids is 1. The van der Waals surface area contributed by atoms with Gasteiger partial charge in [0.15, 0.2) is 0 Å². The largest absolute Gasteiger partial charge is 0.480 e. The van der Waals surface area contributed by atoms with Crippen LogP contribution >= 0.6 is 0 Å². The molecule has 5 nitrogen and oxygen atoms in total. The summed E-state index contributed by atoms with van der Waals surface area (Å²) in [5.74, 6) is -0.300. The first-order valence-corrected chi connectivity index (χ1v) is 7.75. The van der Waals surface area contributed by atoms with Gasteiger partial charge in [-0.2, -0.15) is 0 Å². The van der Waals surface area contributed by atoms with E-state index in [0.29, 0.717) is 11.3 Å². The van der Waals surface area contributed by atoms with Gasteiger partial charge in [-0.3, -0.25) is 4.79 Å². The Morgan fingerprint density at radius 2 is 1.67 bits per heavy atom. The maximum absolute atomic E-state index is 12.2. The molecule has 1 amide bonds. The molecule has 0 aliphatic carbocycles. The lowest BCUT2D eigenvalue weighted by Gasteiger charge is -2.18. The Morgan fingerprint density at radius 3 is 2.21 bits per heavy atom. The first-order chi connectivity index (χ1) is 11.4. The van der Waals surface area contributed by atoms with E-state index in [4.69, 9.17) is 9.84 Å². The molecule has 0 aromatic heterocycles. The highest BCUT2D eigenvalue weighted by molar-refractivity contribution is 5.96. The number of hydrogen-bond acceptors (Lipinski definition) is 3. The standard InChI is InChI=1S/C19H21NO4/c1-12(2)17(19(22)23)20-18(21)14-8-10-15(11-9-14)24-16-7-5-4-6-13(16)3/h4-12,17H,1-3H3,(H,20,21)(H,22,23). The molecule has 2 aromatic rings. The smallest absolute Gasteiger partial charge is 0.326 e. The summed E-state index contributed by atoms with van der Waals surface area (Å²) in [5.41, 5.74) is 1.40. The highest BCUT2D eigenvalue weighted by Crippen LogP contribution is 2.24. The van der Waals surface area contributed by atoms with E-state index in [1.807, 2.05) is 31.2 Å². The maximum atomic E-state index is 12.2. The van der Waals surface area contributed by atoms with Gasteiger partial charge < -0.3 is 15.2 Å². The minimum atomic E-state index is -1.04. The van der Waals surface area contributed by atoms with Gasteiger partial charge in [0.25, 0.3) is 5.91 Å². The van der Waals surface area contributed by atoms with Gasteiger partial charge in [0, 0.05) is 5.56 Å². The van der Waals surface area contributed by atoms with Crippen molar-refractivity contribution < 1.29 is 19.4 Å². The first-order valence-electron chi connectivity index (χ1n) is 7.75. The van der Waals surface area contributed by atoms with Crippen molar-refractivity contribution in [3.8, 4) is 11.5 Å². The number of amides is 1. The number of aliphatic carboxylic acids is 1. The zero-order valence-corrected chi connectivity index (χ0v) is 13.9. The molecular formula is C19H21NO4. The second-order valence-electron chi connectivity index (χ2n) is 5.93. The van der Waals surface area contributed by atoms with Crippen LogP contribution in [0.2, 0.25) is 0 Å². The quantitative estimate of drug-likeness (QED) is 0.849. The summed E-state index contributed by atoms with van der Waals surface area (Å²) in [6, 6.07) is 13.3. The van der Waals surface area contributed by atoms with Crippen LogP contribution in [0, 0.1) is 12.8 Å². The average molecular weight is 327 g/mol. The van der Waals surface area contributed by atoms with Crippen LogP contribution < -0.4 is 10.1 Å². The van der Waals surface area contributed by atoms with E-state index >= 15 is 0 Å². The average Bonchev–Trinajstić information content (AvgIpc) is 2.54. The number of carboxylic acid groups (broad SMARTS) is 1. The highest BCUT2D eigenvalue weighted by atomic mass is 16.5. The van der Waals surface area contributed by atoms with Crippen LogP contribution in [0.5, 0.6) is 11.5 Å². The monoisotopic (exact) mass is 327 g/mol. The van der Waals surface area contributed by atoms with Crippen LogP contribution in [0.1, 0.15) is 29.8 Å². The summed E-state index contributed by atoms with van der Waals surface area (Å²) < 4.78 is 5.78. The number of aryl methyl sites for hydroxylation is 1. The number of carboxylic acids is 1. The molecule has 126 valence electrons. The lowest BCUT2D eigenvalue weighted by Crippen LogP contribution is -2.44. The van der Waals surface area contributed by atoms with Crippen molar-refractivity contribution in [3.63, 3.8) is 0 Å². The fourth-order valence-corrected chi connectivity index (χ4v) is 2.21. The minimum Gasteiger partial charge on any atom is -0.480 e. The Morgan fingerprint density at radius 1 is 1.04 bits per heavy atom. The Bertz CT molecular complexity index is 722. The van der Waals surface area contributed by atoms with Crippen molar-refractivity contribution in [1.82, 2.24) is 5.32 Å². The SMILES string of the molecule is Cc1ccccc1Oc1ccc(C(=O)NC(C(=O)O)C(C)C)cc1. The molecule has 0 heterocycles. The Labute approximate surface area is 141 Å². The third kappa shape index (κ3) is 4.35. The van der Waals surface area contributed by atoms with Crippen molar-refractivity contribution in [2.24, 2.45) is 5.92 Å². The Balaban J connectivity index is 2.07. The second-order valence-corrected chi connectivity index (χ2v) is 5.93. The first kappa shape index (κ1) is 17.5. The zero-order valence-electron chi connectivity index (χ0n) is 13.9. The molecule has 0 aliphatic heterocycles. The number of benzene rings is 2. The van der Waals surface area contributed by atoms with Gasteiger partial charge >= 0.3 is 5.97 Å². The van der Waals surface area contributed by atoms with Crippen LogP contribution in [-0.2, 0) is 4.79 Å². The normalized spacial score (nSPS) is 11.8. The molecule has 2 rings (SSSR count). The molecular weight excluding hydrogens is 306 g/mol. The molecule has 0 radical (unpaired) electrons. The van der Waals surface area contributed by atoms with E-state index in [1.165, 1.54) is 0 Å². The minimum absolute atomic E-state index is 0.199. The third-order valence-corrected chi connectivity index (χ3v) is 3.66. The van der Waals surface area contributed by atoms with Crippen LogP contribution in [0.25, 0.3) is 0 Å². The number of nitrogens with one attached hydrogen (secondary N) is 1. The molecule has 2 N–H and O–H groups in total. The van der Waals surface area contributed by atoms with E-state index in [9.17, 15) is 9.59 Å². The van der Waals surface area contributed by atoms with Crippen molar-refractivity contribution in [1.29, 1.82) is 0 Å². The number of para-hydroxylation sites is 1. The van der Waals surface area contributed by atoms with Crippen LogP contribution in [-0.4, -0.2) is 23.0 Å². The highest BCUT2D eigenvalue weighted by Gasteiger charge is 2.23. The lowest BCUT2D eigenvalue weighted by atomic mass is 10.0. The predicted octanol–water partition coefficient (Wildman–Crippen LogP) is 3.63. The molecule has 0 aliphatic rings. The van der Waals surface area contributed by atoms with E-state index in [1.54, 1.807) is 38.1 Å². The van der Waals surface area contributed by atoms with E-state index in [-0.39, 0.29) is 5.92 Å². The van der Waals surface area contributed by atoms with Crippen LogP contribution in [0.3, 0.4) is 0 Å². The summed E-state index contributed by atoms with van der Waals surface area (Å²) in [7, 11) is 0. The maximum Gasteiger partial charge on any atom is 0.326 e. The lowest BCUT2D eigenvalue weighted by molar-refractivity contribution is -0.140. The fraction of sp³-hybridized carbons (Fsp3) is 0.263. The van der Waals surface area contributed by atoms with Gasteiger partial charge in [-0.15, -0.1) is 0 Å². The van der Waals surface area contributed by atoms with Crippen LogP contribution in [0.4, 0.5) is 0 Å². The van der Waals surface area contributed by atoms with Gasteiger partial charge in [-0.1, -0.05) is 32.0 Å². The van der Waals surface area contributed by atoms with Crippen molar-refractivity contribution in [2.75, 3.05) is 0 Å². The Kier molecular flexibility index (Phi) is 5.58. The molecule has 0 saturated carbocycles. The van der Waals surface area contributed by atoms with Gasteiger partial charge in [-0.05, 0) is 48.7 Å². The van der Waals surface area contributed by atoms with Gasteiger partial charge in [0.2, 0.25) is 0 Å². The number of hydrogen-bond donors (Lipinski definition) is 2. The van der Waals surface area contributed by atoms with Gasteiger partial charge in [0.05, 0.1) is 0 Å². The van der Waals surface area contributed by atoms with E-state index in [2.05, 4.69) is 5.32 Å². The molecule has 1 atom stereocenters. The fourth-order valence-electron chi connectivity index (χ4n) is 2.21. The molecule has 1 unspecified atom stereocenters. The summed E-state index contributed by atoms with van der Waals surface area (Å²) in [4.78, 5) is 23.3. The number of rotatable bonds is 6. The molecule has 2 aromatic carbocycles. The molecule has 0 spiro atoms. The number of ether oxygens (including phenoxy) is 1. The topological polar surface area (TPSA) is 75.6 Å². The van der Waals surface area contributed by atoms with E-state index < -0.39 is 17.9 Å². The van der Waals surface area contributed by atoms with Crippen molar-refractivity contribution in [2.45, 2.75) is 26.8 Å². The molecule has 5 heteroatoms. The number of carbonyl (C=O) groups is 2. The summed E-state index contributed by atoms with van der Waals surface area (Å²) in [5, 5.41) is 11.7. The van der Waals surface area contributed by atoms with Gasteiger partial charge in [-0.25, -0.2) is 4.79 Å². The molecule has 24 heavy (non-hydrogen) atoms.